The molecule has 2 heterocycles. The van der Waals surface area contributed by atoms with Gasteiger partial charge in [0.15, 0.2) is 23.6 Å². The summed E-state index contributed by atoms with van der Waals surface area (Å²) in [6.07, 6.45) is -1.47. The fraction of sp³-hybridized carbons (Fsp3) is 0.120. The summed E-state index contributed by atoms with van der Waals surface area (Å²) < 4.78 is 58.9. The van der Waals surface area contributed by atoms with Crippen molar-refractivity contribution < 1.29 is 31.9 Å². The van der Waals surface area contributed by atoms with E-state index in [0.29, 0.717) is 16.8 Å². The molecule has 0 saturated heterocycles. The van der Waals surface area contributed by atoms with Crippen LogP contribution in [0.3, 0.4) is 0 Å². The smallest absolute Gasteiger partial charge is 0.344 e. The predicted octanol–water partition coefficient (Wildman–Crippen LogP) is 4.75. The summed E-state index contributed by atoms with van der Waals surface area (Å²) >= 11 is 0. The van der Waals surface area contributed by atoms with Crippen LogP contribution in [-0.4, -0.2) is 19.1 Å². The third-order valence-electron chi connectivity index (χ3n) is 5.67. The molecule has 1 aliphatic heterocycles. The maximum absolute atomic E-state index is 14.9. The molecule has 172 valence electrons. The fourth-order valence-electron chi connectivity index (χ4n) is 4.07. The second kappa shape index (κ2) is 8.26. The number of rotatable bonds is 4. The molecule has 0 saturated carbocycles. The summed E-state index contributed by atoms with van der Waals surface area (Å²) in [5.41, 5.74) is -0.852. The number of halogens is 3. The van der Waals surface area contributed by atoms with Gasteiger partial charge in [0.2, 0.25) is 0 Å². The Morgan fingerprint density at radius 3 is 2.44 bits per heavy atom. The van der Waals surface area contributed by atoms with E-state index in [0.717, 1.165) is 12.1 Å². The number of methoxy groups -OCH3 is 1. The summed E-state index contributed by atoms with van der Waals surface area (Å²) in [6, 6.07) is 14.6. The van der Waals surface area contributed by atoms with Crippen LogP contribution < -0.4 is 20.4 Å². The summed E-state index contributed by atoms with van der Waals surface area (Å²) in [7, 11) is 1.49. The molecule has 34 heavy (non-hydrogen) atoms. The molecule has 0 spiro atoms. The zero-order valence-corrected chi connectivity index (χ0v) is 17.6. The lowest BCUT2D eigenvalue weighted by molar-refractivity contribution is -0.122. The van der Waals surface area contributed by atoms with E-state index in [1.54, 1.807) is 42.5 Å². The van der Waals surface area contributed by atoms with Crippen molar-refractivity contribution in [2.24, 2.45) is 0 Å². The van der Waals surface area contributed by atoms with Crippen LogP contribution in [0.15, 0.2) is 69.9 Å². The standard InChI is InChI=1S/C25H16F3NO5/c1-32-13-8-6-12(7-9-13)29-24(30)23-18(15-10-11-16(26)21(28)20(15)27)19-22(34-23)14-4-2-3-5-17(14)33-25(19)31/h2-11,18,23H,1H3,(H,29,30)/t18-,23+/m0/s1. The van der Waals surface area contributed by atoms with E-state index >= 15 is 0 Å². The molecule has 1 N–H and O–H groups in total. The predicted molar refractivity (Wildman–Crippen MR) is 117 cm³/mol. The van der Waals surface area contributed by atoms with Gasteiger partial charge in [-0.25, -0.2) is 18.0 Å². The van der Waals surface area contributed by atoms with Crippen LogP contribution in [0, 0.1) is 17.5 Å². The number of benzene rings is 3. The Balaban J connectivity index is 1.64. The van der Waals surface area contributed by atoms with Gasteiger partial charge in [-0.1, -0.05) is 18.2 Å². The number of nitrogens with one attached hydrogen (secondary N) is 1. The minimum absolute atomic E-state index is 0.0239. The van der Waals surface area contributed by atoms with Crippen LogP contribution in [0.1, 0.15) is 17.0 Å². The maximum Gasteiger partial charge on any atom is 0.344 e. The van der Waals surface area contributed by atoms with Gasteiger partial charge in [-0.2, -0.15) is 0 Å². The molecule has 4 aromatic rings. The van der Waals surface area contributed by atoms with E-state index in [9.17, 15) is 22.8 Å². The molecule has 0 bridgehead atoms. The highest BCUT2D eigenvalue weighted by Gasteiger charge is 2.45. The number of hydrogen-bond donors (Lipinski definition) is 1. The van der Waals surface area contributed by atoms with Gasteiger partial charge in [0.25, 0.3) is 5.91 Å². The van der Waals surface area contributed by atoms with E-state index in [1.165, 1.54) is 13.2 Å². The lowest BCUT2D eigenvalue weighted by Crippen LogP contribution is -2.36. The Bertz CT molecular complexity index is 1480. The lowest BCUT2D eigenvalue weighted by Gasteiger charge is -2.19. The van der Waals surface area contributed by atoms with Crippen LogP contribution >= 0.6 is 0 Å². The molecule has 2 atom stereocenters. The molecule has 0 aliphatic carbocycles. The van der Waals surface area contributed by atoms with Crippen molar-refractivity contribution >= 4 is 22.6 Å². The molecule has 1 aliphatic rings. The van der Waals surface area contributed by atoms with Gasteiger partial charge in [-0.05, 0) is 42.5 Å². The first-order chi connectivity index (χ1) is 16.4. The van der Waals surface area contributed by atoms with Crippen molar-refractivity contribution in [2.75, 3.05) is 12.4 Å². The molecule has 1 aromatic heterocycles. The van der Waals surface area contributed by atoms with E-state index in [4.69, 9.17) is 13.9 Å². The van der Waals surface area contributed by atoms with Gasteiger partial charge in [-0.15, -0.1) is 0 Å². The van der Waals surface area contributed by atoms with E-state index < -0.39 is 46.6 Å². The molecule has 0 fully saturated rings. The fourth-order valence-corrected chi connectivity index (χ4v) is 4.07. The molecule has 9 heteroatoms. The van der Waals surface area contributed by atoms with Gasteiger partial charge >= 0.3 is 5.63 Å². The minimum atomic E-state index is -1.72. The quantitative estimate of drug-likeness (QED) is 0.346. The number of amides is 1. The third kappa shape index (κ3) is 3.45. The molecule has 6 nitrogen and oxygen atoms in total. The highest BCUT2D eigenvalue weighted by atomic mass is 19.2. The molecule has 0 radical (unpaired) electrons. The van der Waals surface area contributed by atoms with Crippen LogP contribution in [-0.2, 0) is 4.79 Å². The maximum atomic E-state index is 14.9. The first-order valence-electron chi connectivity index (χ1n) is 10.2. The van der Waals surface area contributed by atoms with Gasteiger partial charge in [0, 0.05) is 11.3 Å². The summed E-state index contributed by atoms with van der Waals surface area (Å²) in [5.74, 6) is -6.15. The second-order valence-corrected chi connectivity index (χ2v) is 7.63. The minimum Gasteiger partial charge on any atom is -0.497 e. The highest BCUT2D eigenvalue weighted by molar-refractivity contribution is 5.97. The average Bonchev–Trinajstić information content (AvgIpc) is 3.25. The Kier molecular flexibility index (Phi) is 5.24. The van der Waals surface area contributed by atoms with E-state index in [1.807, 2.05) is 0 Å². The van der Waals surface area contributed by atoms with Gasteiger partial charge in [-0.3, -0.25) is 4.79 Å². The van der Waals surface area contributed by atoms with Crippen molar-refractivity contribution in [2.45, 2.75) is 12.0 Å². The van der Waals surface area contributed by atoms with E-state index in [-0.39, 0.29) is 16.9 Å². The van der Waals surface area contributed by atoms with Crippen LogP contribution in [0.4, 0.5) is 18.9 Å². The molecule has 1 amide bonds. The first-order valence-corrected chi connectivity index (χ1v) is 10.2. The second-order valence-electron chi connectivity index (χ2n) is 7.63. The first kappa shape index (κ1) is 21.6. The normalized spacial score (nSPS) is 16.7. The third-order valence-corrected chi connectivity index (χ3v) is 5.67. The number of carbonyl (C=O) groups is 1. The lowest BCUT2D eigenvalue weighted by atomic mass is 9.87. The number of hydrogen-bond acceptors (Lipinski definition) is 5. The van der Waals surface area contributed by atoms with Gasteiger partial charge < -0.3 is 19.2 Å². The number of fused-ring (bicyclic) bond motifs is 3. The van der Waals surface area contributed by atoms with Crippen molar-refractivity contribution in [1.82, 2.24) is 0 Å². The number of anilines is 1. The molecule has 5 rings (SSSR count). The zero-order chi connectivity index (χ0) is 24.0. The molecular formula is C25H16F3NO5. The summed E-state index contributed by atoms with van der Waals surface area (Å²) in [6.45, 7) is 0. The number of ether oxygens (including phenoxy) is 2. The average molecular weight is 467 g/mol. The molecular weight excluding hydrogens is 451 g/mol. The van der Waals surface area contributed by atoms with Gasteiger partial charge in [0.1, 0.15) is 17.1 Å². The Hall–Kier alpha value is -4.27. The Morgan fingerprint density at radius 1 is 0.971 bits per heavy atom. The van der Waals surface area contributed by atoms with Crippen molar-refractivity contribution in [3.05, 3.63) is 99.7 Å². The SMILES string of the molecule is COc1ccc(NC(=O)[C@@H]2Oc3c(c(=O)oc4ccccc34)[C@@H]2c2ccc(F)c(F)c2F)cc1. The van der Waals surface area contributed by atoms with Crippen molar-refractivity contribution in [3.63, 3.8) is 0 Å². The number of carbonyl (C=O) groups excluding carboxylic acids is 1. The highest BCUT2D eigenvalue weighted by Crippen LogP contribution is 2.45. The summed E-state index contributed by atoms with van der Waals surface area (Å²) in [4.78, 5) is 26.1. The van der Waals surface area contributed by atoms with Crippen LogP contribution in [0.5, 0.6) is 11.5 Å². The topological polar surface area (TPSA) is 77.8 Å². The number of para-hydroxylation sites is 1. The largest absolute Gasteiger partial charge is 0.497 e. The zero-order valence-electron chi connectivity index (χ0n) is 17.6. The van der Waals surface area contributed by atoms with Crippen molar-refractivity contribution in [3.8, 4) is 11.5 Å². The molecule has 3 aromatic carbocycles. The van der Waals surface area contributed by atoms with Crippen LogP contribution in [0.25, 0.3) is 11.0 Å². The monoisotopic (exact) mass is 467 g/mol. The Morgan fingerprint density at radius 2 is 1.71 bits per heavy atom. The molecule has 0 unspecified atom stereocenters. The van der Waals surface area contributed by atoms with Gasteiger partial charge in [0.05, 0.1) is 24.0 Å². The van der Waals surface area contributed by atoms with Crippen molar-refractivity contribution in [1.29, 1.82) is 0 Å². The van der Waals surface area contributed by atoms with E-state index in [2.05, 4.69) is 5.32 Å². The van der Waals surface area contributed by atoms with Crippen LogP contribution in [0.2, 0.25) is 0 Å². The summed E-state index contributed by atoms with van der Waals surface area (Å²) in [5, 5.41) is 3.02. The Labute approximate surface area is 190 Å².